The van der Waals surface area contributed by atoms with Gasteiger partial charge in [0.25, 0.3) is 0 Å². The van der Waals surface area contributed by atoms with E-state index >= 15 is 0 Å². The van der Waals surface area contributed by atoms with Crippen LogP contribution in [0.1, 0.15) is 70.4 Å². The molecular weight excluding hydrogens is 545 g/mol. The lowest BCUT2D eigenvalue weighted by Gasteiger charge is -2.40. The molecule has 0 bridgehead atoms. The lowest BCUT2D eigenvalue weighted by atomic mass is 9.82. The summed E-state index contributed by atoms with van der Waals surface area (Å²) in [6.45, 7) is 13.7. The van der Waals surface area contributed by atoms with E-state index < -0.39 is 17.7 Å². The van der Waals surface area contributed by atoms with E-state index in [2.05, 4.69) is 28.7 Å². The monoisotopic (exact) mass is 583 g/mol. The second-order valence-corrected chi connectivity index (χ2v) is 12.8. The first-order valence-corrected chi connectivity index (χ1v) is 14.3. The molecule has 41 heavy (non-hydrogen) atoms. The van der Waals surface area contributed by atoms with Crippen LogP contribution < -0.4 is 9.64 Å². The number of anilines is 1. The zero-order valence-corrected chi connectivity index (χ0v) is 25.4. The van der Waals surface area contributed by atoms with Crippen LogP contribution in [0.25, 0.3) is 11.3 Å². The number of rotatable bonds is 9. The fraction of sp³-hybridized carbons (Fsp3) is 0.469. The van der Waals surface area contributed by atoms with Gasteiger partial charge in [-0.25, -0.2) is 9.18 Å². The Hall–Kier alpha value is -3.23. The van der Waals surface area contributed by atoms with Gasteiger partial charge in [-0.1, -0.05) is 37.6 Å². The van der Waals surface area contributed by atoms with Gasteiger partial charge in [-0.2, -0.15) is 0 Å². The van der Waals surface area contributed by atoms with Crippen molar-refractivity contribution in [3.05, 3.63) is 70.4 Å². The van der Waals surface area contributed by atoms with Gasteiger partial charge in [-0.05, 0) is 69.7 Å². The highest BCUT2D eigenvalue weighted by molar-refractivity contribution is 6.32. The maximum absolute atomic E-state index is 13.2. The number of carboxylic acid groups (broad SMARTS) is 1. The Balaban J connectivity index is 1.71. The molecule has 0 radical (unpaired) electrons. The van der Waals surface area contributed by atoms with Crippen LogP contribution in [0.5, 0.6) is 5.75 Å². The highest BCUT2D eigenvalue weighted by Gasteiger charge is 2.36. The summed E-state index contributed by atoms with van der Waals surface area (Å²) in [6.07, 6.45) is 4.60. The maximum Gasteiger partial charge on any atom is 0.337 e. The van der Waals surface area contributed by atoms with Crippen LogP contribution >= 0.6 is 11.6 Å². The minimum Gasteiger partial charge on any atom is -0.490 e. The highest BCUT2D eigenvalue weighted by Crippen LogP contribution is 2.43. The van der Waals surface area contributed by atoms with Crippen molar-refractivity contribution in [2.75, 3.05) is 24.6 Å². The third kappa shape index (κ3) is 7.74. The molecule has 7 nitrogen and oxygen atoms in total. The maximum atomic E-state index is 13.2. The Morgan fingerprint density at radius 1 is 1.15 bits per heavy atom. The second kappa shape index (κ2) is 12.3. The lowest BCUT2D eigenvalue weighted by Crippen LogP contribution is -2.39. The van der Waals surface area contributed by atoms with Gasteiger partial charge in [0.2, 0.25) is 0 Å². The third-order valence-corrected chi connectivity index (χ3v) is 7.63. The molecule has 1 N–H and O–H groups in total. The van der Waals surface area contributed by atoms with Crippen LogP contribution in [0.15, 0.2) is 42.7 Å². The topological polar surface area (TPSA) is 84.8 Å². The van der Waals surface area contributed by atoms with Crippen molar-refractivity contribution in [1.29, 1.82) is 0 Å². The molecule has 4 rings (SSSR count). The number of carbonyl (C=O) groups is 1. The molecule has 0 amide bonds. The fourth-order valence-corrected chi connectivity index (χ4v) is 5.18. The van der Waals surface area contributed by atoms with Crippen LogP contribution in [0.4, 0.5) is 10.1 Å². The predicted octanol–water partition coefficient (Wildman–Crippen LogP) is 7.43. The zero-order chi connectivity index (χ0) is 29.9. The summed E-state index contributed by atoms with van der Waals surface area (Å²) in [7, 11) is 0. The van der Waals surface area contributed by atoms with Crippen molar-refractivity contribution in [3.8, 4) is 17.0 Å². The average Bonchev–Trinajstić information content (AvgIpc) is 2.89. The van der Waals surface area contributed by atoms with Gasteiger partial charge in [-0.3, -0.25) is 9.97 Å². The molecule has 3 heterocycles. The predicted molar refractivity (Wildman–Crippen MR) is 159 cm³/mol. The number of hydrogen-bond donors (Lipinski definition) is 1. The first-order valence-electron chi connectivity index (χ1n) is 13.9. The molecule has 1 aliphatic rings. The summed E-state index contributed by atoms with van der Waals surface area (Å²) >= 11 is 6.66. The number of aliphatic carboxylic acids is 1. The van der Waals surface area contributed by atoms with Crippen molar-refractivity contribution in [3.63, 3.8) is 0 Å². The van der Waals surface area contributed by atoms with Crippen LogP contribution in [0.2, 0.25) is 5.02 Å². The van der Waals surface area contributed by atoms with Crippen LogP contribution in [-0.2, 0) is 16.0 Å². The highest BCUT2D eigenvalue weighted by atomic mass is 35.5. The minimum atomic E-state index is -1.21. The van der Waals surface area contributed by atoms with Crippen molar-refractivity contribution in [2.24, 2.45) is 5.41 Å². The van der Waals surface area contributed by atoms with E-state index in [1.807, 2.05) is 27.7 Å². The van der Waals surface area contributed by atoms with E-state index in [0.717, 1.165) is 37.2 Å². The Kier molecular flexibility index (Phi) is 9.24. The zero-order valence-electron chi connectivity index (χ0n) is 24.6. The van der Waals surface area contributed by atoms with E-state index in [-0.39, 0.29) is 11.2 Å². The first-order chi connectivity index (χ1) is 19.2. The number of ether oxygens (including phenoxy) is 2. The molecule has 1 fully saturated rings. The first kappa shape index (κ1) is 30.7. The van der Waals surface area contributed by atoms with Gasteiger partial charge in [0.1, 0.15) is 5.82 Å². The van der Waals surface area contributed by atoms with Gasteiger partial charge in [0.15, 0.2) is 11.9 Å². The SMILES string of the molecule is Cc1ncc(-c2cc(Cl)c(OCCc3ccc(F)cc3)cn2)c(N2CCC(C)(C)CC2)c1[C@H](OC(C)(C)C)C(=O)O. The number of halogens is 2. The quantitative estimate of drug-likeness (QED) is 0.280. The number of aromatic nitrogens is 2. The molecule has 1 saturated heterocycles. The molecule has 220 valence electrons. The van der Waals surface area contributed by atoms with Crippen molar-refractivity contribution < 1.29 is 23.8 Å². The minimum absolute atomic E-state index is 0.196. The summed E-state index contributed by atoms with van der Waals surface area (Å²) in [6, 6.07) is 8.01. The Bertz CT molecular complexity index is 1380. The van der Waals surface area contributed by atoms with Crippen LogP contribution in [0, 0.1) is 18.2 Å². The van der Waals surface area contributed by atoms with E-state index in [0.29, 0.717) is 46.3 Å². The van der Waals surface area contributed by atoms with Gasteiger partial charge in [0, 0.05) is 42.5 Å². The van der Waals surface area contributed by atoms with Gasteiger partial charge >= 0.3 is 5.97 Å². The van der Waals surface area contributed by atoms with E-state index in [1.165, 1.54) is 12.1 Å². The molecular formula is C32H39ClFN3O4. The molecule has 0 aliphatic carbocycles. The molecule has 3 aromatic rings. The van der Waals surface area contributed by atoms with Crippen molar-refractivity contribution in [1.82, 2.24) is 9.97 Å². The van der Waals surface area contributed by atoms with Gasteiger partial charge < -0.3 is 19.5 Å². The summed E-state index contributed by atoms with van der Waals surface area (Å²) in [5.41, 5.74) is 3.59. The van der Waals surface area contributed by atoms with Crippen LogP contribution in [-0.4, -0.2) is 46.3 Å². The number of hydrogen-bond acceptors (Lipinski definition) is 6. The number of benzene rings is 1. The van der Waals surface area contributed by atoms with E-state index in [4.69, 9.17) is 21.1 Å². The molecule has 1 aromatic carbocycles. The second-order valence-electron chi connectivity index (χ2n) is 12.3. The number of piperidine rings is 1. The third-order valence-electron chi connectivity index (χ3n) is 7.34. The average molecular weight is 584 g/mol. The molecule has 1 atom stereocenters. The largest absolute Gasteiger partial charge is 0.490 e. The molecule has 1 aliphatic heterocycles. The standard InChI is InChI=1S/C32H39ClFN3O4/c1-20-27(29(30(38)39)41-31(2,3)4)28(37-14-12-32(5,6)13-15-37)23(18-35-20)25-17-24(33)26(19-36-25)40-16-11-21-7-9-22(34)10-8-21/h7-10,17-19,29H,11-16H2,1-6H3,(H,38,39)/t29-/m0/s1. The Morgan fingerprint density at radius 3 is 2.39 bits per heavy atom. The van der Waals surface area contributed by atoms with Crippen LogP contribution in [0.3, 0.4) is 0 Å². The number of nitrogens with zero attached hydrogens (tertiary/aromatic N) is 3. The van der Waals surface area contributed by atoms with Gasteiger partial charge in [-0.15, -0.1) is 0 Å². The Labute approximate surface area is 246 Å². The molecule has 0 unspecified atom stereocenters. The molecule has 0 spiro atoms. The van der Waals surface area contributed by atoms with Crippen molar-refractivity contribution >= 4 is 23.3 Å². The summed E-state index contributed by atoms with van der Waals surface area (Å²) < 4.78 is 25.2. The molecule has 2 aromatic heterocycles. The molecule has 0 saturated carbocycles. The van der Waals surface area contributed by atoms with Crippen molar-refractivity contribution in [2.45, 2.75) is 72.5 Å². The molecule has 9 heteroatoms. The normalized spacial score (nSPS) is 16.0. The smallest absolute Gasteiger partial charge is 0.337 e. The number of carboxylic acids is 1. The summed E-state index contributed by atoms with van der Waals surface area (Å²) in [5, 5.41) is 10.7. The lowest BCUT2D eigenvalue weighted by molar-refractivity contribution is -0.160. The summed E-state index contributed by atoms with van der Waals surface area (Å²) in [4.78, 5) is 24.1. The fourth-order valence-electron chi connectivity index (χ4n) is 4.97. The number of aryl methyl sites for hydroxylation is 1. The Morgan fingerprint density at radius 2 is 1.80 bits per heavy atom. The van der Waals surface area contributed by atoms with Gasteiger partial charge in [0.05, 0.1) is 34.8 Å². The van der Waals surface area contributed by atoms with E-state index in [1.54, 1.807) is 30.6 Å². The summed E-state index contributed by atoms with van der Waals surface area (Å²) in [5.74, 6) is -0.923. The van der Waals surface area contributed by atoms with E-state index in [9.17, 15) is 14.3 Å². The number of pyridine rings is 2.